The van der Waals surface area contributed by atoms with Gasteiger partial charge in [0.2, 0.25) is 5.91 Å². The zero-order valence-corrected chi connectivity index (χ0v) is 56.5. The number of esters is 1. The van der Waals surface area contributed by atoms with Crippen LogP contribution in [0.25, 0.3) is 0 Å². The minimum Gasteiger partial charge on any atom is -0.466 e. The van der Waals surface area contributed by atoms with E-state index in [4.69, 9.17) is 4.74 Å². The van der Waals surface area contributed by atoms with Gasteiger partial charge < -0.3 is 20.3 Å². The van der Waals surface area contributed by atoms with Gasteiger partial charge >= 0.3 is 5.97 Å². The molecular weight excluding hydrogens is 1020 g/mol. The molecule has 0 saturated carbocycles. The van der Waals surface area contributed by atoms with Crippen LogP contribution in [0.3, 0.4) is 0 Å². The number of carbonyl (C=O) groups is 2. The Hall–Kier alpha value is -1.66. The normalized spacial score (nSPS) is 12.6. The first-order valence-electron chi connectivity index (χ1n) is 38.1. The highest BCUT2D eigenvalue weighted by Crippen LogP contribution is 2.19. The van der Waals surface area contributed by atoms with Crippen LogP contribution in [0.1, 0.15) is 431 Å². The first-order valence-corrected chi connectivity index (χ1v) is 38.1. The first kappa shape index (κ1) is 81.3. The molecule has 0 radical (unpaired) electrons. The topological polar surface area (TPSA) is 95.9 Å². The average molecular weight is 1170 g/mol. The molecule has 0 rings (SSSR count). The van der Waals surface area contributed by atoms with Crippen LogP contribution < -0.4 is 5.32 Å². The number of amides is 1. The lowest BCUT2D eigenvalue weighted by atomic mass is 10.0. The summed E-state index contributed by atoms with van der Waals surface area (Å²) in [7, 11) is 0. The third-order valence-electron chi connectivity index (χ3n) is 18.0. The van der Waals surface area contributed by atoms with E-state index in [0.29, 0.717) is 25.9 Å². The van der Waals surface area contributed by atoms with Crippen LogP contribution in [0, 0.1) is 0 Å². The lowest BCUT2D eigenvalue weighted by Crippen LogP contribution is -2.45. The Morgan fingerprint density at radius 1 is 0.325 bits per heavy atom. The Morgan fingerprint density at radius 2 is 0.566 bits per heavy atom. The van der Waals surface area contributed by atoms with E-state index in [-0.39, 0.29) is 18.5 Å². The third kappa shape index (κ3) is 69.3. The summed E-state index contributed by atoms with van der Waals surface area (Å²) in [5.74, 6) is -0.0153. The van der Waals surface area contributed by atoms with Crippen LogP contribution in [0.4, 0.5) is 0 Å². The molecule has 0 fully saturated rings. The van der Waals surface area contributed by atoms with Gasteiger partial charge in [-0.3, -0.25) is 9.59 Å². The lowest BCUT2D eigenvalue weighted by Gasteiger charge is -2.22. The number of aliphatic hydroxyl groups excluding tert-OH is 2. The molecular formula is C77H149NO5. The number of rotatable bonds is 72. The zero-order valence-electron chi connectivity index (χ0n) is 56.5. The largest absolute Gasteiger partial charge is 0.466 e. The quantitative estimate of drug-likeness (QED) is 0.0320. The Kier molecular flexibility index (Phi) is 71.4. The molecule has 0 aliphatic carbocycles. The summed E-state index contributed by atoms with van der Waals surface area (Å²) in [5, 5.41) is 23.4. The zero-order chi connectivity index (χ0) is 59.9. The maximum absolute atomic E-state index is 12.6. The molecule has 6 nitrogen and oxygen atoms in total. The Bertz CT molecular complexity index is 1300. The molecule has 0 heterocycles. The van der Waals surface area contributed by atoms with E-state index in [1.54, 1.807) is 0 Å². The van der Waals surface area contributed by atoms with E-state index in [9.17, 15) is 19.8 Å². The number of hydrogen-bond donors (Lipinski definition) is 3. The van der Waals surface area contributed by atoms with Crippen molar-refractivity contribution in [3.8, 4) is 0 Å². The second-order valence-electron chi connectivity index (χ2n) is 26.3. The highest BCUT2D eigenvalue weighted by atomic mass is 16.5. The van der Waals surface area contributed by atoms with Gasteiger partial charge in [0.25, 0.3) is 0 Å². The van der Waals surface area contributed by atoms with Crippen LogP contribution >= 0.6 is 0 Å². The van der Waals surface area contributed by atoms with Crippen molar-refractivity contribution in [2.24, 2.45) is 0 Å². The standard InChI is InChI=1S/C77H149NO5/c1-3-5-7-9-11-13-15-17-19-21-22-34-38-41-45-49-53-57-61-65-69-75(80)74(73-79)78-76(81)70-66-62-58-54-50-46-42-39-35-32-30-28-26-24-23-25-27-29-31-33-36-40-44-48-52-56-60-64-68-72-83-77(82)71-67-63-59-55-51-47-43-37-20-18-16-14-12-10-8-6-4-2/h18,20,23,25,74-75,79-80H,3-17,19,21-22,24,26-73H2,1-2H3,(H,78,81)/b20-18-,25-23-. The molecule has 0 aliphatic rings. The van der Waals surface area contributed by atoms with Crippen molar-refractivity contribution in [3.05, 3.63) is 24.3 Å². The maximum Gasteiger partial charge on any atom is 0.305 e. The van der Waals surface area contributed by atoms with Crippen molar-refractivity contribution in [3.63, 3.8) is 0 Å². The summed E-state index contributed by atoms with van der Waals surface area (Å²) in [6.45, 7) is 4.99. The fourth-order valence-electron chi connectivity index (χ4n) is 12.2. The fraction of sp³-hybridized carbons (Fsp3) is 0.922. The smallest absolute Gasteiger partial charge is 0.305 e. The number of nitrogens with one attached hydrogen (secondary N) is 1. The SMILES string of the molecule is CCCCCCCC/C=C\CCCCCCCCCC(=O)OCCCCCCCCCCCCCC/C=C\CCCCCCCCCCCCCCCC(=O)NC(CO)C(O)CCCCCCCCCCCCCCCCCCCCCC. The number of allylic oxidation sites excluding steroid dienone is 4. The molecule has 0 aromatic carbocycles. The molecule has 0 spiro atoms. The predicted molar refractivity (Wildman–Crippen MR) is 366 cm³/mol. The summed E-state index contributed by atoms with van der Waals surface area (Å²) < 4.78 is 5.50. The fourth-order valence-corrected chi connectivity index (χ4v) is 12.2. The van der Waals surface area contributed by atoms with E-state index in [1.807, 2.05) is 0 Å². The molecule has 0 aromatic rings. The van der Waals surface area contributed by atoms with E-state index >= 15 is 0 Å². The van der Waals surface area contributed by atoms with Gasteiger partial charge in [-0.05, 0) is 77.0 Å². The minimum atomic E-state index is -0.665. The van der Waals surface area contributed by atoms with Crippen LogP contribution in [-0.2, 0) is 14.3 Å². The van der Waals surface area contributed by atoms with E-state index in [1.165, 1.54) is 353 Å². The molecule has 0 bridgehead atoms. The Balaban J connectivity index is 3.36. The summed E-state index contributed by atoms with van der Waals surface area (Å²) in [5.41, 5.74) is 0. The van der Waals surface area contributed by atoms with Crippen LogP contribution in [0.2, 0.25) is 0 Å². The molecule has 2 atom stereocenters. The Labute approximate surface area is 520 Å². The second-order valence-corrected chi connectivity index (χ2v) is 26.3. The summed E-state index contributed by atoms with van der Waals surface area (Å²) in [4.78, 5) is 24.7. The monoisotopic (exact) mass is 1170 g/mol. The molecule has 83 heavy (non-hydrogen) atoms. The number of unbranched alkanes of at least 4 members (excludes halogenated alkanes) is 57. The van der Waals surface area contributed by atoms with E-state index < -0.39 is 12.1 Å². The van der Waals surface area contributed by atoms with Crippen molar-refractivity contribution in [1.29, 1.82) is 0 Å². The van der Waals surface area contributed by atoms with Crippen molar-refractivity contribution in [1.82, 2.24) is 5.32 Å². The van der Waals surface area contributed by atoms with Crippen molar-refractivity contribution in [2.45, 2.75) is 443 Å². The van der Waals surface area contributed by atoms with Gasteiger partial charge in [-0.25, -0.2) is 0 Å². The van der Waals surface area contributed by atoms with Crippen LogP contribution in [0.5, 0.6) is 0 Å². The number of hydrogen-bond acceptors (Lipinski definition) is 5. The molecule has 0 aliphatic heterocycles. The van der Waals surface area contributed by atoms with Gasteiger partial charge in [-0.1, -0.05) is 366 Å². The van der Waals surface area contributed by atoms with Gasteiger partial charge in [0.05, 0.1) is 25.4 Å². The maximum atomic E-state index is 12.6. The van der Waals surface area contributed by atoms with Crippen molar-refractivity contribution < 1.29 is 24.5 Å². The number of aliphatic hydroxyl groups is 2. The van der Waals surface area contributed by atoms with Crippen LogP contribution in [-0.4, -0.2) is 47.4 Å². The van der Waals surface area contributed by atoms with Gasteiger partial charge in [0.1, 0.15) is 0 Å². The molecule has 1 amide bonds. The predicted octanol–water partition coefficient (Wildman–Crippen LogP) is 24.9. The minimum absolute atomic E-state index is 0.0142. The summed E-state index contributed by atoms with van der Waals surface area (Å²) in [6, 6.07) is -0.542. The molecule has 3 N–H and O–H groups in total. The third-order valence-corrected chi connectivity index (χ3v) is 18.0. The average Bonchev–Trinajstić information content (AvgIpc) is 3.48. The highest BCUT2D eigenvalue weighted by Gasteiger charge is 2.20. The molecule has 0 saturated heterocycles. The molecule has 0 aromatic heterocycles. The summed E-state index contributed by atoms with van der Waals surface area (Å²) >= 11 is 0. The number of carbonyl (C=O) groups excluding carboxylic acids is 2. The van der Waals surface area contributed by atoms with Gasteiger partial charge in [0, 0.05) is 12.8 Å². The number of ether oxygens (including phenoxy) is 1. The highest BCUT2D eigenvalue weighted by molar-refractivity contribution is 5.76. The molecule has 6 heteroatoms. The van der Waals surface area contributed by atoms with Gasteiger partial charge in [0.15, 0.2) is 0 Å². The molecule has 2 unspecified atom stereocenters. The first-order chi connectivity index (χ1) is 41.0. The Morgan fingerprint density at radius 3 is 0.855 bits per heavy atom. The van der Waals surface area contributed by atoms with Crippen LogP contribution in [0.15, 0.2) is 24.3 Å². The van der Waals surface area contributed by atoms with E-state index in [0.717, 1.165) is 44.9 Å². The lowest BCUT2D eigenvalue weighted by molar-refractivity contribution is -0.143. The molecule has 492 valence electrons. The van der Waals surface area contributed by atoms with Gasteiger partial charge in [-0.2, -0.15) is 0 Å². The van der Waals surface area contributed by atoms with E-state index in [2.05, 4.69) is 43.5 Å². The summed E-state index contributed by atoms with van der Waals surface area (Å²) in [6.07, 6.45) is 92.5. The second kappa shape index (κ2) is 72.8. The van der Waals surface area contributed by atoms with Crippen molar-refractivity contribution >= 4 is 11.9 Å². The van der Waals surface area contributed by atoms with Gasteiger partial charge in [-0.15, -0.1) is 0 Å². The van der Waals surface area contributed by atoms with Crippen molar-refractivity contribution in [2.75, 3.05) is 13.2 Å².